The molecule has 24 heavy (non-hydrogen) atoms. The van der Waals surface area contributed by atoms with Crippen molar-refractivity contribution in [1.82, 2.24) is 15.0 Å². The molecule has 2 N–H and O–H groups in total. The number of anilines is 1. The number of urea groups is 1. The summed E-state index contributed by atoms with van der Waals surface area (Å²) in [5.41, 5.74) is 1.33. The number of nitrogens with zero attached hydrogens (tertiary/aromatic N) is 3. The van der Waals surface area contributed by atoms with Crippen molar-refractivity contribution in [2.24, 2.45) is 5.92 Å². The fraction of sp³-hybridized carbons (Fsp3) is 0.471. The summed E-state index contributed by atoms with van der Waals surface area (Å²) < 4.78 is 5.01. The van der Waals surface area contributed by atoms with Gasteiger partial charge >= 0.3 is 6.03 Å². The van der Waals surface area contributed by atoms with Gasteiger partial charge in [-0.25, -0.2) is 4.79 Å². The van der Waals surface area contributed by atoms with Crippen LogP contribution in [0.15, 0.2) is 28.8 Å². The molecule has 0 unspecified atom stereocenters. The van der Waals surface area contributed by atoms with Gasteiger partial charge in [0, 0.05) is 32.0 Å². The molecule has 1 aromatic heterocycles. The quantitative estimate of drug-likeness (QED) is 0.899. The molecule has 2 atom stereocenters. The number of aromatic nitrogens is 2. The molecule has 3 rings (SSSR count). The number of aryl methyl sites for hydroxylation is 1. The fourth-order valence-corrected chi connectivity index (χ4v) is 3.07. The van der Waals surface area contributed by atoms with Crippen molar-refractivity contribution < 1.29 is 14.4 Å². The SMILES string of the molecule is Cc1nc(-c2ccccc2NC(=O)N(C)C[C@H]2CCC[C@@H]2O)no1. The van der Waals surface area contributed by atoms with Crippen LogP contribution in [0, 0.1) is 12.8 Å². The standard InChI is InChI=1S/C17H22N4O3/c1-11-18-16(20-24-11)13-7-3-4-8-14(13)19-17(23)21(2)10-12-6-5-9-15(12)22/h3-4,7-8,12,15,22H,5-6,9-10H2,1-2H3,(H,19,23)/t12-,15+/m1/s1. The lowest BCUT2D eigenvalue weighted by molar-refractivity contribution is 0.116. The summed E-state index contributed by atoms with van der Waals surface area (Å²) >= 11 is 0. The van der Waals surface area contributed by atoms with Gasteiger partial charge in [0.15, 0.2) is 0 Å². The number of carbonyl (C=O) groups is 1. The third-order valence-electron chi connectivity index (χ3n) is 4.41. The average Bonchev–Trinajstić information content (AvgIpc) is 3.17. The van der Waals surface area contributed by atoms with Crippen molar-refractivity contribution in [3.63, 3.8) is 0 Å². The monoisotopic (exact) mass is 330 g/mol. The molecule has 7 nitrogen and oxygen atoms in total. The maximum Gasteiger partial charge on any atom is 0.321 e. The van der Waals surface area contributed by atoms with Gasteiger partial charge in [-0.15, -0.1) is 0 Å². The highest BCUT2D eigenvalue weighted by atomic mass is 16.5. The van der Waals surface area contributed by atoms with Gasteiger partial charge in [-0.1, -0.05) is 23.7 Å². The molecule has 1 aromatic carbocycles. The van der Waals surface area contributed by atoms with E-state index in [9.17, 15) is 9.90 Å². The van der Waals surface area contributed by atoms with Gasteiger partial charge in [-0.05, 0) is 25.0 Å². The molecule has 0 spiro atoms. The van der Waals surface area contributed by atoms with E-state index in [2.05, 4.69) is 15.5 Å². The highest BCUT2D eigenvalue weighted by molar-refractivity contribution is 5.93. The summed E-state index contributed by atoms with van der Waals surface area (Å²) in [5.74, 6) is 1.06. The number of para-hydroxylation sites is 1. The van der Waals surface area contributed by atoms with Crippen molar-refractivity contribution in [3.8, 4) is 11.4 Å². The Kier molecular flexibility index (Phi) is 4.80. The normalized spacial score (nSPS) is 20.1. The summed E-state index contributed by atoms with van der Waals surface area (Å²) in [7, 11) is 1.74. The van der Waals surface area contributed by atoms with Crippen molar-refractivity contribution in [1.29, 1.82) is 0 Å². The second kappa shape index (κ2) is 7.00. The second-order valence-electron chi connectivity index (χ2n) is 6.25. The predicted octanol–water partition coefficient (Wildman–Crippen LogP) is 2.67. The summed E-state index contributed by atoms with van der Waals surface area (Å²) in [5, 5.41) is 16.7. The Balaban J connectivity index is 1.70. The lowest BCUT2D eigenvalue weighted by Gasteiger charge is -2.24. The first kappa shape index (κ1) is 16.4. The summed E-state index contributed by atoms with van der Waals surface area (Å²) in [4.78, 5) is 18.3. The first-order valence-electron chi connectivity index (χ1n) is 8.14. The molecule has 1 aliphatic rings. The maximum absolute atomic E-state index is 12.5. The molecule has 0 saturated heterocycles. The van der Waals surface area contributed by atoms with E-state index in [0.717, 1.165) is 19.3 Å². The number of hydrogen-bond acceptors (Lipinski definition) is 5. The largest absolute Gasteiger partial charge is 0.393 e. The van der Waals surface area contributed by atoms with E-state index in [0.29, 0.717) is 29.5 Å². The van der Waals surface area contributed by atoms with E-state index in [4.69, 9.17) is 4.52 Å². The van der Waals surface area contributed by atoms with Crippen LogP contribution in [0.25, 0.3) is 11.4 Å². The van der Waals surface area contributed by atoms with Crippen LogP contribution in [0.5, 0.6) is 0 Å². The number of aliphatic hydroxyl groups is 1. The molecule has 128 valence electrons. The number of carbonyl (C=O) groups excluding carboxylic acids is 1. The third-order valence-corrected chi connectivity index (χ3v) is 4.41. The second-order valence-corrected chi connectivity index (χ2v) is 6.25. The molecular formula is C17H22N4O3. The Morgan fingerprint density at radius 3 is 2.88 bits per heavy atom. The maximum atomic E-state index is 12.5. The molecular weight excluding hydrogens is 308 g/mol. The first-order valence-corrected chi connectivity index (χ1v) is 8.14. The van der Waals surface area contributed by atoms with Gasteiger partial charge in [0.2, 0.25) is 11.7 Å². The van der Waals surface area contributed by atoms with Crippen LogP contribution in [-0.2, 0) is 0 Å². The minimum absolute atomic E-state index is 0.149. The zero-order chi connectivity index (χ0) is 17.1. The van der Waals surface area contributed by atoms with Gasteiger partial charge in [0.25, 0.3) is 0 Å². The first-order chi connectivity index (χ1) is 11.5. The number of nitrogens with one attached hydrogen (secondary N) is 1. The van der Waals surface area contributed by atoms with Crippen molar-refractivity contribution in [3.05, 3.63) is 30.2 Å². The van der Waals surface area contributed by atoms with Gasteiger partial charge in [-0.2, -0.15) is 4.98 Å². The van der Waals surface area contributed by atoms with Crippen LogP contribution < -0.4 is 5.32 Å². The highest BCUT2D eigenvalue weighted by Crippen LogP contribution is 2.27. The zero-order valence-electron chi connectivity index (χ0n) is 13.9. The van der Waals surface area contributed by atoms with E-state index in [1.165, 1.54) is 0 Å². The van der Waals surface area contributed by atoms with E-state index >= 15 is 0 Å². The van der Waals surface area contributed by atoms with E-state index < -0.39 is 0 Å². The van der Waals surface area contributed by atoms with Gasteiger partial charge < -0.3 is 19.8 Å². The third kappa shape index (κ3) is 3.56. The molecule has 7 heteroatoms. The Labute approximate surface area is 140 Å². The van der Waals surface area contributed by atoms with Crippen LogP contribution in [0.2, 0.25) is 0 Å². The van der Waals surface area contributed by atoms with Crippen LogP contribution >= 0.6 is 0 Å². The lowest BCUT2D eigenvalue weighted by atomic mass is 10.1. The molecule has 2 aromatic rings. The number of benzene rings is 1. The molecule has 1 aliphatic carbocycles. The Hall–Kier alpha value is -2.41. The summed E-state index contributed by atoms with van der Waals surface area (Å²) in [6.45, 7) is 2.26. The van der Waals surface area contributed by atoms with Gasteiger partial charge in [0.05, 0.1) is 11.8 Å². The highest BCUT2D eigenvalue weighted by Gasteiger charge is 2.27. The number of amides is 2. The average molecular weight is 330 g/mol. The van der Waals surface area contributed by atoms with E-state index in [1.54, 1.807) is 24.9 Å². The Bertz CT molecular complexity index is 715. The topological polar surface area (TPSA) is 91.5 Å². The molecule has 0 radical (unpaired) electrons. The fourth-order valence-electron chi connectivity index (χ4n) is 3.07. The molecule has 0 bridgehead atoms. The van der Waals surface area contributed by atoms with Crippen LogP contribution in [0.1, 0.15) is 25.2 Å². The number of aliphatic hydroxyl groups excluding tert-OH is 1. The molecule has 0 aliphatic heterocycles. The van der Waals surface area contributed by atoms with Crippen LogP contribution in [0.3, 0.4) is 0 Å². The zero-order valence-corrected chi connectivity index (χ0v) is 13.9. The molecule has 2 amide bonds. The van der Waals surface area contributed by atoms with Crippen molar-refractivity contribution >= 4 is 11.7 Å². The minimum Gasteiger partial charge on any atom is -0.393 e. The van der Waals surface area contributed by atoms with Crippen molar-refractivity contribution in [2.75, 3.05) is 18.9 Å². The number of hydrogen-bond donors (Lipinski definition) is 2. The van der Waals surface area contributed by atoms with Crippen molar-refractivity contribution in [2.45, 2.75) is 32.3 Å². The van der Waals surface area contributed by atoms with E-state index in [1.807, 2.05) is 18.2 Å². The summed E-state index contributed by atoms with van der Waals surface area (Å²) in [6.07, 6.45) is 2.48. The molecule has 1 saturated carbocycles. The van der Waals surface area contributed by atoms with Crippen LogP contribution in [-0.4, -0.2) is 45.9 Å². The lowest BCUT2D eigenvalue weighted by Crippen LogP contribution is -2.37. The summed E-state index contributed by atoms with van der Waals surface area (Å²) in [6, 6.07) is 7.11. The Morgan fingerprint density at radius 1 is 1.42 bits per heavy atom. The van der Waals surface area contributed by atoms with E-state index in [-0.39, 0.29) is 18.1 Å². The predicted molar refractivity (Wildman–Crippen MR) is 89.5 cm³/mol. The van der Waals surface area contributed by atoms with Crippen LogP contribution in [0.4, 0.5) is 10.5 Å². The molecule has 1 heterocycles. The minimum atomic E-state index is -0.310. The van der Waals surface area contributed by atoms with Gasteiger partial charge in [0.1, 0.15) is 0 Å². The van der Waals surface area contributed by atoms with Gasteiger partial charge in [-0.3, -0.25) is 0 Å². The smallest absolute Gasteiger partial charge is 0.321 e. The number of rotatable bonds is 4. The molecule has 1 fully saturated rings. The Morgan fingerprint density at radius 2 is 2.21 bits per heavy atom.